The molecule has 0 amide bonds. The van der Waals surface area contributed by atoms with Crippen molar-refractivity contribution in [3.05, 3.63) is 24.0 Å². The fourth-order valence-electron chi connectivity index (χ4n) is 2.52. The van der Waals surface area contributed by atoms with E-state index in [-0.39, 0.29) is 16.6 Å². The van der Waals surface area contributed by atoms with Crippen molar-refractivity contribution in [3.63, 3.8) is 0 Å². The van der Waals surface area contributed by atoms with Gasteiger partial charge in [0.1, 0.15) is 5.82 Å². The fourth-order valence-corrected chi connectivity index (χ4v) is 4.32. The Hall–Kier alpha value is -1.14. The number of nitrogens with zero attached hydrogens (tertiary/aromatic N) is 1. The second-order valence-corrected chi connectivity index (χ2v) is 6.75. The van der Waals surface area contributed by atoms with Crippen LogP contribution in [0.4, 0.5) is 10.1 Å². The molecule has 0 saturated carbocycles. The summed E-state index contributed by atoms with van der Waals surface area (Å²) in [5.41, 5.74) is 5.32. The molecule has 1 fully saturated rings. The van der Waals surface area contributed by atoms with Crippen molar-refractivity contribution in [1.82, 2.24) is 4.31 Å². The van der Waals surface area contributed by atoms with Gasteiger partial charge in [0.15, 0.2) is 0 Å². The minimum atomic E-state index is -3.58. The second kappa shape index (κ2) is 5.46. The second-order valence-electron chi connectivity index (χ2n) is 4.86. The molecular formula is C13H19FN2O2S. The Morgan fingerprint density at radius 3 is 2.79 bits per heavy atom. The minimum Gasteiger partial charge on any atom is -0.396 e. The normalized spacial score (nSPS) is 21.5. The van der Waals surface area contributed by atoms with Crippen LogP contribution in [0.2, 0.25) is 0 Å². The van der Waals surface area contributed by atoms with Crippen LogP contribution < -0.4 is 5.73 Å². The monoisotopic (exact) mass is 286 g/mol. The van der Waals surface area contributed by atoms with Crippen molar-refractivity contribution in [2.75, 3.05) is 12.3 Å². The van der Waals surface area contributed by atoms with Crippen LogP contribution in [-0.2, 0) is 10.0 Å². The molecule has 1 aromatic carbocycles. The molecule has 0 aromatic heterocycles. The third-order valence-corrected chi connectivity index (χ3v) is 5.57. The molecule has 106 valence electrons. The molecule has 0 radical (unpaired) electrons. The van der Waals surface area contributed by atoms with Crippen molar-refractivity contribution in [2.45, 2.75) is 43.5 Å². The first-order chi connectivity index (χ1) is 8.96. The summed E-state index contributed by atoms with van der Waals surface area (Å²) in [6.45, 7) is 2.51. The maximum atomic E-state index is 13.1. The molecule has 0 aliphatic carbocycles. The van der Waals surface area contributed by atoms with Gasteiger partial charge in [-0.3, -0.25) is 0 Å². The quantitative estimate of drug-likeness (QED) is 0.868. The molecule has 0 spiro atoms. The average Bonchev–Trinajstić information content (AvgIpc) is 2.41. The highest BCUT2D eigenvalue weighted by atomic mass is 32.2. The number of rotatable bonds is 3. The first-order valence-electron chi connectivity index (χ1n) is 6.53. The van der Waals surface area contributed by atoms with Crippen LogP contribution >= 0.6 is 0 Å². The molecule has 2 rings (SSSR count). The number of nitrogen functional groups attached to an aromatic ring is 1. The topological polar surface area (TPSA) is 63.4 Å². The number of benzene rings is 1. The molecule has 1 aliphatic heterocycles. The van der Waals surface area contributed by atoms with Gasteiger partial charge < -0.3 is 5.73 Å². The molecule has 6 heteroatoms. The highest BCUT2D eigenvalue weighted by molar-refractivity contribution is 7.89. The predicted molar refractivity (Wildman–Crippen MR) is 72.6 cm³/mol. The maximum absolute atomic E-state index is 13.1. The summed E-state index contributed by atoms with van der Waals surface area (Å²) in [5.74, 6) is -0.593. The van der Waals surface area contributed by atoms with Gasteiger partial charge in [0.05, 0.1) is 10.6 Å². The third kappa shape index (κ3) is 2.74. The summed E-state index contributed by atoms with van der Waals surface area (Å²) in [4.78, 5) is 0.0757. The Morgan fingerprint density at radius 1 is 1.42 bits per heavy atom. The predicted octanol–water partition coefficient (Wildman–Crippen LogP) is 2.36. The average molecular weight is 286 g/mol. The van der Waals surface area contributed by atoms with Gasteiger partial charge in [-0.2, -0.15) is 4.31 Å². The molecule has 1 atom stereocenters. The minimum absolute atomic E-state index is 0.0324. The van der Waals surface area contributed by atoms with Crippen LogP contribution in [0.15, 0.2) is 23.1 Å². The lowest BCUT2D eigenvalue weighted by Crippen LogP contribution is -2.43. The summed E-state index contributed by atoms with van der Waals surface area (Å²) in [6, 6.07) is 3.62. The zero-order chi connectivity index (χ0) is 14.0. The Labute approximate surface area is 113 Å². The van der Waals surface area contributed by atoms with Crippen molar-refractivity contribution < 1.29 is 12.8 Å². The van der Waals surface area contributed by atoms with Crippen molar-refractivity contribution >= 4 is 15.7 Å². The van der Waals surface area contributed by atoms with Gasteiger partial charge in [-0.15, -0.1) is 0 Å². The van der Waals surface area contributed by atoms with Crippen LogP contribution in [0, 0.1) is 5.82 Å². The van der Waals surface area contributed by atoms with Gasteiger partial charge >= 0.3 is 0 Å². The fraction of sp³-hybridized carbons (Fsp3) is 0.538. The molecular weight excluding hydrogens is 267 g/mol. The molecule has 0 bridgehead atoms. The number of sulfonamides is 1. The van der Waals surface area contributed by atoms with Gasteiger partial charge in [0.25, 0.3) is 0 Å². The zero-order valence-electron chi connectivity index (χ0n) is 11.0. The first-order valence-corrected chi connectivity index (χ1v) is 7.97. The first kappa shape index (κ1) is 14.3. The van der Waals surface area contributed by atoms with E-state index in [0.717, 1.165) is 31.7 Å². The number of piperidine rings is 1. The van der Waals surface area contributed by atoms with E-state index in [0.29, 0.717) is 6.54 Å². The molecule has 19 heavy (non-hydrogen) atoms. The van der Waals surface area contributed by atoms with E-state index in [1.54, 1.807) is 0 Å². The highest BCUT2D eigenvalue weighted by Gasteiger charge is 2.32. The molecule has 1 aromatic rings. The lowest BCUT2D eigenvalue weighted by molar-refractivity contribution is 0.246. The number of anilines is 1. The standard InChI is InChI=1S/C13H19FN2O2S/c1-2-10-5-3-4-8-16(10)19(17,18)11-6-7-12(14)13(15)9-11/h6-7,9-10H,2-5,8,15H2,1H3. The molecule has 1 saturated heterocycles. The zero-order valence-corrected chi connectivity index (χ0v) is 11.8. The summed E-state index contributed by atoms with van der Waals surface area (Å²) in [7, 11) is -3.58. The van der Waals surface area contributed by atoms with Gasteiger partial charge in [-0.25, -0.2) is 12.8 Å². The number of hydrogen-bond donors (Lipinski definition) is 1. The number of nitrogens with two attached hydrogens (primary N) is 1. The van der Waals surface area contributed by atoms with E-state index in [4.69, 9.17) is 5.73 Å². The Kier molecular flexibility index (Phi) is 4.10. The van der Waals surface area contributed by atoms with E-state index in [9.17, 15) is 12.8 Å². The van der Waals surface area contributed by atoms with Gasteiger partial charge in [0.2, 0.25) is 10.0 Å². The Morgan fingerprint density at radius 2 is 2.16 bits per heavy atom. The lowest BCUT2D eigenvalue weighted by Gasteiger charge is -2.34. The summed E-state index contributed by atoms with van der Waals surface area (Å²) >= 11 is 0. The van der Waals surface area contributed by atoms with Crippen molar-refractivity contribution in [3.8, 4) is 0 Å². The van der Waals surface area contributed by atoms with Crippen LogP contribution in [0.5, 0.6) is 0 Å². The number of hydrogen-bond acceptors (Lipinski definition) is 3. The molecule has 1 unspecified atom stereocenters. The van der Waals surface area contributed by atoms with E-state index in [1.165, 1.54) is 16.4 Å². The lowest BCUT2D eigenvalue weighted by atomic mass is 10.0. The van der Waals surface area contributed by atoms with Crippen LogP contribution in [0.25, 0.3) is 0 Å². The smallest absolute Gasteiger partial charge is 0.243 e. The van der Waals surface area contributed by atoms with Crippen molar-refractivity contribution in [1.29, 1.82) is 0 Å². The van der Waals surface area contributed by atoms with E-state index in [1.807, 2.05) is 6.92 Å². The van der Waals surface area contributed by atoms with Crippen LogP contribution in [-0.4, -0.2) is 25.3 Å². The van der Waals surface area contributed by atoms with Gasteiger partial charge in [-0.1, -0.05) is 13.3 Å². The summed E-state index contributed by atoms with van der Waals surface area (Å²) in [5, 5.41) is 0. The third-order valence-electron chi connectivity index (χ3n) is 3.62. The van der Waals surface area contributed by atoms with E-state index in [2.05, 4.69) is 0 Å². The summed E-state index contributed by atoms with van der Waals surface area (Å²) in [6.07, 6.45) is 3.59. The summed E-state index contributed by atoms with van der Waals surface area (Å²) < 4.78 is 39.8. The van der Waals surface area contributed by atoms with Crippen LogP contribution in [0.3, 0.4) is 0 Å². The Bertz CT molecular complexity index is 560. The van der Waals surface area contributed by atoms with Gasteiger partial charge in [0, 0.05) is 12.6 Å². The SMILES string of the molecule is CCC1CCCCN1S(=O)(=O)c1ccc(F)c(N)c1. The number of halogens is 1. The van der Waals surface area contributed by atoms with Gasteiger partial charge in [-0.05, 0) is 37.5 Å². The molecule has 1 aliphatic rings. The molecule has 2 N–H and O–H groups in total. The molecule has 4 nitrogen and oxygen atoms in total. The largest absolute Gasteiger partial charge is 0.396 e. The maximum Gasteiger partial charge on any atom is 0.243 e. The van der Waals surface area contributed by atoms with E-state index < -0.39 is 15.8 Å². The Balaban J connectivity index is 2.37. The highest BCUT2D eigenvalue weighted by Crippen LogP contribution is 2.28. The molecule has 1 heterocycles. The van der Waals surface area contributed by atoms with E-state index >= 15 is 0 Å². The van der Waals surface area contributed by atoms with Crippen molar-refractivity contribution in [2.24, 2.45) is 0 Å². The van der Waals surface area contributed by atoms with Crippen LogP contribution in [0.1, 0.15) is 32.6 Å².